The van der Waals surface area contributed by atoms with Gasteiger partial charge in [-0.3, -0.25) is 4.79 Å². The Hall–Kier alpha value is -0.710. The van der Waals surface area contributed by atoms with Gasteiger partial charge in [-0.2, -0.15) is 13.1 Å². The van der Waals surface area contributed by atoms with E-state index >= 15 is 0 Å². The van der Waals surface area contributed by atoms with E-state index in [1.165, 1.54) is 0 Å². The maximum absolute atomic E-state index is 11.5. The van der Waals surface area contributed by atoms with E-state index in [1.54, 1.807) is 0 Å². The van der Waals surface area contributed by atoms with Crippen LogP contribution in [0.25, 0.3) is 0 Å². The standard InChI is InChI=1S/C9H19N3O5S2/c1-2-4-10-19(16,17)11-6-9(13)12-8-3-5-18(14,15)7-8/h8,10-11H,2-7H2,1H3,(H,12,13). The fraction of sp³-hybridized carbons (Fsp3) is 0.889. The first kappa shape index (κ1) is 16.3. The normalized spacial score (nSPS) is 22.3. The van der Waals surface area contributed by atoms with E-state index in [0.717, 1.165) is 0 Å². The number of hydrogen-bond donors (Lipinski definition) is 3. The number of amides is 1. The van der Waals surface area contributed by atoms with Crippen molar-refractivity contribution in [3.05, 3.63) is 0 Å². The molecule has 1 amide bonds. The van der Waals surface area contributed by atoms with Gasteiger partial charge in [0.15, 0.2) is 9.84 Å². The summed E-state index contributed by atoms with van der Waals surface area (Å²) in [5.41, 5.74) is 0. The van der Waals surface area contributed by atoms with Crippen molar-refractivity contribution >= 4 is 26.0 Å². The highest BCUT2D eigenvalue weighted by Crippen LogP contribution is 2.10. The van der Waals surface area contributed by atoms with Crippen LogP contribution in [0, 0.1) is 0 Å². The molecule has 1 heterocycles. The van der Waals surface area contributed by atoms with Gasteiger partial charge < -0.3 is 5.32 Å². The Balaban J connectivity index is 2.33. The second-order valence-electron chi connectivity index (χ2n) is 4.39. The molecule has 0 aromatic rings. The summed E-state index contributed by atoms with van der Waals surface area (Å²) in [5, 5.41) is 2.49. The van der Waals surface area contributed by atoms with Gasteiger partial charge in [0.2, 0.25) is 5.91 Å². The number of nitrogens with one attached hydrogen (secondary N) is 3. The molecule has 10 heteroatoms. The SMILES string of the molecule is CCCNS(=O)(=O)NCC(=O)NC1CCS(=O)(=O)C1. The van der Waals surface area contributed by atoms with E-state index in [-0.39, 0.29) is 18.1 Å². The molecule has 0 aromatic heterocycles. The van der Waals surface area contributed by atoms with Crippen LogP contribution in [-0.4, -0.2) is 53.4 Å². The first-order valence-corrected chi connectivity index (χ1v) is 9.28. The fourth-order valence-electron chi connectivity index (χ4n) is 1.64. The highest BCUT2D eigenvalue weighted by Gasteiger charge is 2.28. The van der Waals surface area contributed by atoms with E-state index in [4.69, 9.17) is 0 Å². The molecule has 1 unspecified atom stereocenters. The minimum absolute atomic E-state index is 0.0573. The molecule has 112 valence electrons. The van der Waals surface area contributed by atoms with Crippen LogP contribution in [0.4, 0.5) is 0 Å². The molecule has 1 rings (SSSR count). The van der Waals surface area contributed by atoms with Crippen molar-refractivity contribution in [2.24, 2.45) is 0 Å². The van der Waals surface area contributed by atoms with Gasteiger partial charge in [0.25, 0.3) is 10.2 Å². The van der Waals surface area contributed by atoms with E-state index in [0.29, 0.717) is 12.8 Å². The van der Waals surface area contributed by atoms with Crippen LogP contribution in [0.5, 0.6) is 0 Å². The fourth-order valence-corrected chi connectivity index (χ4v) is 4.20. The zero-order chi connectivity index (χ0) is 14.5. The minimum atomic E-state index is -3.67. The summed E-state index contributed by atoms with van der Waals surface area (Å²) in [6, 6.07) is -0.425. The third kappa shape index (κ3) is 6.32. The average molecular weight is 313 g/mol. The monoisotopic (exact) mass is 313 g/mol. The Morgan fingerprint density at radius 1 is 1.32 bits per heavy atom. The highest BCUT2D eigenvalue weighted by atomic mass is 32.2. The summed E-state index contributed by atoms with van der Waals surface area (Å²) in [6.07, 6.45) is 1.02. The lowest BCUT2D eigenvalue weighted by atomic mass is 10.2. The molecule has 0 aromatic carbocycles. The summed E-state index contributed by atoms with van der Waals surface area (Å²) in [7, 11) is -6.74. The Morgan fingerprint density at radius 3 is 2.53 bits per heavy atom. The molecule has 1 atom stereocenters. The second kappa shape index (κ2) is 6.64. The third-order valence-electron chi connectivity index (χ3n) is 2.56. The van der Waals surface area contributed by atoms with Gasteiger partial charge >= 0.3 is 0 Å². The van der Waals surface area contributed by atoms with Crippen molar-refractivity contribution < 1.29 is 21.6 Å². The Bertz CT molecular complexity index is 514. The largest absolute Gasteiger partial charge is 0.351 e. The van der Waals surface area contributed by atoms with Gasteiger partial charge in [0.1, 0.15) is 0 Å². The molecule has 0 bridgehead atoms. The van der Waals surface area contributed by atoms with Crippen molar-refractivity contribution in [3.8, 4) is 0 Å². The molecular formula is C9H19N3O5S2. The second-order valence-corrected chi connectivity index (χ2v) is 8.20. The van der Waals surface area contributed by atoms with Crippen LogP contribution >= 0.6 is 0 Å². The first-order valence-electron chi connectivity index (χ1n) is 5.98. The zero-order valence-corrected chi connectivity index (χ0v) is 12.3. The number of carbonyl (C=O) groups is 1. The summed E-state index contributed by atoms with van der Waals surface area (Å²) in [5.74, 6) is -0.564. The minimum Gasteiger partial charge on any atom is -0.351 e. The van der Waals surface area contributed by atoms with Gasteiger partial charge in [-0.05, 0) is 12.8 Å². The number of rotatable bonds is 7. The summed E-state index contributed by atoms with van der Waals surface area (Å²) in [4.78, 5) is 11.5. The van der Waals surface area contributed by atoms with Crippen molar-refractivity contribution in [1.29, 1.82) is 0 Å². The van der Waals surface area contributed by atoms with Crippen molar-refractivity contribution in [2.75, 3.05) is 24.6 Å². The molecule has 8 nitrogen and oxygen atoms in total. The first-order chi connectivity index (χ1) is 8.74. The van der Waals surface area contributed by atoms with Crippen LogP contribution < -0.4 is 14.8 Å². The van der Waals surface area contributed by atoms with Crippen LogP contribution in [-0.2, 0) is 24.8 Å². The molecule has 0 spiro atoms. The molecule has 1 saturated heterocycles. The summed E-state index contributed by atoms with van der Waals surface area (Å²) < 4.78 is 49.4. The Morgan fingerprint density at radius 2 is 2.00 bits per heavy atom. The van der Waals surface area contributed by atoms with Crippen LogP contribution in [0.1, 0.15) is 19.8 Å². The van der Waals surface area contributed by atoms with Crippen LogP contribution in [0.3, 0.4) is 0 Å². The zero-order valence-electron chi connectivity index (χ0n) is 10.7. The number of hydrogen-bond acceptors (Lipinski definition) is 5. The highest BCUT2D eigenvalue weighted by molar-refractivity contribution is 7.91. The third-order valence-corrected chi connectivity index (χ3v) is 5.44. The Labute approximate surface area is 113 Å². The quantitative estimate of drug-likeness (QED) is 0.508. The van der Waals surface area contributed by atoms with Crippen molar-refractivity contribution in [2.45, 2.75) is 25.8 Å². The summed E-state index contributed by atoms with van der Waals surface area (Å²) in [6.45, 7) is 1.70. The van der Waals surface area contributed by atoms with Crippen LogP contribution in [0.2, 0.25) is 0 Å². The predicted octanol–water partition coefficient (Wildman–Crippen LogP) is -1.88. The lowest BCUT2D eigenvalue weighted by molar-refractivity contribution is -0.120. The molecule has 1 aliphatic heterocycles. The van der Waals surface area contributed by atoms with Gasteiger partial charge in [-0.15, -0.1) is 0 Å². The Kier molecular flexibility index (Phi) is 5.71. The lowest BCUT2D eigenvalue weighted by Crippen LogP contribution is -2.45. The van der Waals surface area contributed by atoms with Gasteiger partial charge in [0, 0.05) is 12.6 Å². The topological polar surface area (TPSA) is 121 Å². The maximum atomic E-state index is 11.5. The maximum Gasteiger partial charge on any atom is 0.277 e. The van der Waals surface area contributed by atoms with Crippen molar-refractivity contribution in [1.82, 2.24) is 14.8 Å². The molecule has 0 aliphatic carbocycles. The molecule has 3 N–H and O–H groups in total. The van der Waals surface area contributed by atoms with Gasteiger partial charge in [-0.25, -0.2) is 13.1 Å². The molecule has 0 radical (unpaired) electrons. The van der Waals surface area contributed by atoms with Crippen LogP contribution in [0.15, 0.2) is 0 Å². The van der Waals surface area contributed by atoms with Gasteiger partial charge in [-0.1, -0.05) is 6.92 Å². The van der Waals surface area contributed by atoms with Crippen molar-refractivity contribution in [3.63, 3.8) is 0 Å². The predicted molar refractivity (Wildman–Crippen MR) is 70.4 cm³/mol. The molecule has 0 saturated carbocycles. The summed E-state index contributed by atoms with van der Waals surface area (Å²) >= 11 is 0. The van der Waals surface area contributed by atoms with E-state index in [1.807, 2.05) is 6.92 Å². The van der Waals surface area contributed by atoms with E-state index in [9.17, 15) is 21.6 Å². The number of carbonyl (C=O) groups excluding carboxylic acids is 1. The molecule has 1 fully saturated rings. The average Bonchev–Trinajstić information content (AvgIpc) is 2.64. The van der Waals surface area contributed by atoms with E-state index < -0.39 is 38.5 Å². The molecule has 1 aliphatic rings. The molecule has 19 heavy (non-hydrogen) atoms. The molecular weight excluding hydrogens is 294 g/mol. The smallest absolute Gasteiger partial charge is 0.277 e. The number of sulfone groups is 1. The van der Waals surface area contributed by atoms with E-state index in [2.05, 4.69) is 14.8 Å². The lowest BCUT2D eigenvalue weighted by Gasteiger charge is -2.11. The van der Waals surface area contributed by atoms with Gasteiger partial charge in [0.05, 0.1) is 18.1 Å².